The summed E-state index contributed by atoms with van der Waals surface area (Å²) in [5, 5.41) is 13.9. The number of urea groups is 1. The SMILES string of the molecule is Cc1ccccc1NC(=O)Nc1ccc(CC(=O)N(C)C(C)C2=NC(CC(F)(F)C(=O)O)CO2)cn1. The number of hydrogen-bond acceptors (Lipinski definition) is 6. The van der Waals surface area contributed by atoms with Crippen molar-refractivity contribution in [2.24, 2.45) is 4.99 Å². The third-order valence-electron chi connectivity index (χ3n) is 5.68. The molecule has 0 saturated heterocycles. The number of hydrogen-bond donors (Lipinski definition) is 3. The molecule has 0 spiro atoms. The Bertz CT molecular complexity index is 1160. The lowest BCUT2D eigenvalue weighted by molar-refractivity contribution is -0.166. The molecule has 0 saturated carbocycles. The number of aryl methyl sites for hydroxylation is 1. The van der Waals surface area contributed by atoms with Gasteiger partial charge in [-0.05, 0) is 37.1 Å². The average molecular weight is 504 g/mol. The van der Waals surface area contributed by atoms with Crippen LogP contribution in [0.2, 0.25) is 0 Å². The minimum absolute atomic E-state index is 0.00266. The van der Waals surface area contributed by atoms with E-state index < -0.39 is 36.4 Å². The number of carboxylic acid groups (broad SMARTS) is 1. The molecule has 10 nitrogen and oxygen atoms in total. The summed E-state index contributed by atoms with van der Waals surface area (Å²) in [6, 6.07) is 8.46. The van der Waals surface area contributed by atoms with E-state index in [2.05, 4.69) is 20.6 Å². The standard InChI is InChI=1S/C24H27F2N5O5/c1-14-6-4-5-7-18(14)29-23(35)30-19-9-8-16(12-27-19)10-20(32)31(3)15(2)21-28-17(13-36-21)11-24(25,26)22(33)34/h4-9,12,15,17H,10-11,13H2,1-3H3,(H,33,34)(H2,27,29,30,35). The van der Waals surface area contributed by atoms with Gasteiger partial charge in [-0.1, -0.05) is 24.3 Å². The number of aromatic nitrogens is 1. The second-order valence-corrected chi connectivity index (χ2v) is 8.45. The van der Waals surface area contributed by atoms with Gasteiger partial charge < -0.3 is 20.1 Å². The number of pyridine rings is 1. The summed E-state index contributed by atoms with van der Waals surface area (Å²) in [6.07, 6.45) is 0.482. The molecule has 0 bridgehead atoms. The predicted octanol–water partition coefficient (Wildman–Crippen LogP) is 3.33. The third-order valence-corrected chi connectivity index (χ3v) is 5.68. The fourth-order valence-electron chi connectivity index (χ4n) is 3.42. The molecule has 1 aliphatic rings. The number of carbonyl (C=O) groups excluding carboxylic acids is 2. The van der Waals surface area contributed by atoms with Crippen molar-refractivity contribution in [3.05, 3.63) is 53.7 Å². The van der Waals surface area contributed by atoms with Crippen molar-refractivity contribution >= 4 is 35.3 Å². The number of alkyl halides is 2. The minimum Gasteiger partial charge on any atom is -0.477 e. The smallest absolute Gasteiger partial charge is 0.374 e. The first kappa shape index (κ1) is 26.5. The molecule has 12 heteroatoms. The van der Waals surface area contributed by atoms with Gasteiger partial charge in [0.2, 0.25) is 11.8 Å². The number of carboxylic acids is 1. The number of anilines is 2. The molecule has 3 N–H and O–H groups in total. The maximum atomic E-state index is 13.4. The zero-order chi connectivity index (χ0) is 26.5. The van der Waals surface area contributed by atoms with Crippen LogP contribution in [0.25, 0.3) is 0 Å². The van der Waals surface area contributed by atoms with Crippen LogP contribution in [0, 0.1) is 6.92 Å². The van der Waals surface area contributed by atoms with Gasteiger partial charge in [0.1, 0.15) is 18.5 Å². The number of benzene rings is 1. The van der Waals surface area contributed by atoms with Crippen molar-refractivity contribution in [3.63, 3.8) is 0 Å². The minimum atomic E-state index is -3.91. The Morgan fingerprint density at radius 2 is 1.94 bits per heavy atom. The summed E-state index contributed by atoms with van der Waals surface area (Å²) in [7, 11) is 1.53. The lowest BCUT2D eigenvalue weighted by Crippen LogP contribution is -2.41. The van der Waals surface area contributed by atoms with Crippen LogP contribution in [0.3, 0.4) is 0 Å². The first-order chi connectivity index (χ1) is 17.0. The molecular weight excluding hydrogens is 476 g/mol. The van der Waals surface area contributed by atoms with E-state index in [1.54, 1.807) is 25.1 Å². The molecule has 1 aliphatic heterocycles. The van der Waals surface area contributed by atoms with E-state index in [0.29, 0.717) is 17.1 Å². The van der Waals surface area contributed by atoms with Crippen molar-refractivity contribution < 1.29 is 33.0 Å². The summed E-state index contributed by atoms with van der Waals surface area (Å²) in [6.45, 7) is 3.33. The van der Waals surface area contributed by atoms with Crippen LogP contribution in [-0.4, -0.2) is 70.5 Å². The Balaban J connectivity index is 1.53. The van der Waals surface area contributed by atoms with Crippen molar-refractivity contribution in [2.45, 2.75) is 44.7 Å². The lowest BCUT2D eigenvalue weighted by Gasteiger charge is -2.24. The fraction of sp³-hybridized carbons (Fsp3) is 0.375. The van der Waals surface area contributed by atoms with Gasteiger partial charge in [-0.15, -0.1) is 0 Å². The Morgan fingerprint density at radius 1 is 1.22 bits per heavy atom. The summed E-state index contributed by atoms with van der Waals surface area (Å²) >= 11 is 0. The van der Waals surface area contributed by atoms with Gasteiger partial charge in [0.15, 0.2) is 0 Å². The van der Waals surface area contributed by atoms with Crippen molar-refractivity contribution in [1.29, 1.82) is 0 Å². The van der Waals surface area contributed by atoms with Crippen LogP contribution in [0.4, 0.5) is 25.1 Å². The molecule has 36 heavy (non-hydrogen) atoms. The van der Waals surface area contributed by atoms with Gasteiger partial charge in [-0.25, -0.2) is 19.6 Å². The van der Waals surface area contributed by atoms with E-state index >= 15 is 0 Å². The lowest BCUT2D eigenvalue weighted by atomic mass is 10.1. The van der Waals surface area contributed by atoms with Gasteiger partial charge >= 0.3 is 17.9 Å². The molecule has 192 valence electrons. The van der Waals surface area contributed by atoms with Crippen molar-refractivity contribution in [3.8, 4) is 0 Å². The van der Waals surface area contributed by atoms with E-state index in [0.717, 1.165) is 5.56 Å². The molecule has 1 aromatic heterocycles. The highest BCUT2D eigenvalue weighted by molar-refractivity contribution is 5.99. The van der Waals surface area contributed by atoms with Gasteiger partial charge in [-0.3, -0.25) is 10.1 Å². The van der Waals surface area contributed by atoms with E-state index in [1.165, 1.54) is 18.1 Å². The van der Waals surface area contributed by atoms with Crippen LogP contribution in [0.5, 0.6) is 0 Å². The number of aliphatic carboxylic acids is 1. The Morgan fingerprint density at radius 3 is 2.58 bits per heavy atom. The zero-order valence-corrected chi connectivity index (χ0v) is 20.0. The van der Waals surface area contributed by atoms with Gasteiger partial charge in [0.25, 0.3) is 0 Å². The topological polar surface area (TPSA) is 133 Å². The quantitative estimate of drug-likeness (QED) is 0.481. The monoisotopic (exact) mass is 503 g/mol. The summed E-state index contributed by atoms with van der Waals surface area (Å²) in [5.74, 6) is -6.03. The molecule has 3 rings (SSSR count). The third kappa shape index (κ3) is 6.74. The van der Waals surface area contributed by atoms with Crippen molar-refractivity contribution in [2.75, 3.05) is 24.3 Å². The molecule has 2 atom stereocenters. The summed E-state index contributed by atoms with van der Waals surface area (Å²) in [5.41, 5.74) is 2.18. The molecular formula is C24H27F2N5O5. The van der Waals surface area contributed by atoms with Gasteiger partial charge in [0, 0.05) is 25.4 Å². The first-order valence-electron chi connectivity index (χ1n) is 11.1. The first-order valence-corrected chi connectivity index (χ1v) is 11.1. The van der Waals surface area contributed by atoms with E-state index in [-0.39, 0.29) is 24.8 Å². The van der Waals surface area contributed by atoms with Crippen LogP contribution >= 0.6 is 0 Å². The molecule has 0 aliphatic carbocycles. The molecule has 0 fully saturated rings. The second kappa shape index (κ2) is 11.1. The van der Waals surface area contributed by atoms with E-state index in [4.69, 9.17) is 9.84 Å². The largest absolute Gasteiger partial charge is 0.477 e. The van der Waals surface area contributed by atoms with Crippen LogP contribution < -0.4 is 10.6 Å². The number of carbonyl (C=O) groups is 3. The van der Waals surface area contributed by atoms with Gasteiger partial charge in [-0.2, -0.15) is 8.78 Å². The highest BCUT2D eigenvalue weighted by atomic mass is 19.3. The molecule has 2 unspecified atom stereocenters. The number of aliphatic imine (C=N–C) groups is 1. The molecule has 0 radical (unpaired) electrons. The number of nitrogens with one attached hydrogen (secondary N) is 2. The van der Waals surface area contributed by atoms with Crippen LogP contribution in [0.15, 0.2) is 47.6 Å². The number of rotatable bonds is 9. The summed E-state index contributed by atoms with van der Waals surface area (Å²) in [4.78, 5) is 45.1. The highest BCUT2D eigenvalue weighted by Crippen LogP contribution is 2.25. The number of ether oxygens (including phenoxy) is 1. The zero-order valence-electron chi connectivity index (χ0n) is 20.0. The molecule has 3 amide bonds. The molecule has 2 aromatic rings. The summed E-state index contributed by atoms with van der Waals surface area (Å²) < 4.78 is 32.2. The maximum absolute atomic E-state index is 13.4. The Kier molecular flexibility index (Phi) is 8.18. The highest BCUT2D eigenvalue weighted by Gasteiger charge is 2.43. The Hall–Kier alpha value is -4.09. The number of likely N-dealkylation sites (N-methyl/N-ethyl adjacent to an activating group) is 1. The normalized spacial score (nSPS) is 15.9. The number of amides is 3. The number of para-hydroxylation sites is 1. The van der Waals surface area contributed by atoms with Gasteiger partial charge in [0.05, 0.1) is 12.5 Å². The molecule has 2 heterocycles. The van der Waals surface area contributed by atoms with Crippen molar-refractivity contribution in [1.82, 2.24) is 9.88 Å². The van der Waals surface area contributed by atoms with Crippen LogP contribution in [0.1, 0.15) is 24.5 Å². The Labute approximate surface area is 206 Å². The predicted molar refractivity (Wildman–Crippen MR) is 128 cm³/mol. The number of halogens is 2. The fourth-order valence-corrected chi connectivity index (χ4v) is 3.42. The molecule has 1 aromatic carbocycles. The van der Waals surface area contributed by atoms with Crippen LogP contribution in [-0.2, 0) is 20.7 Å². The second-order valence-electron chi connectivity index (χ2n) is 8.45. The number of nitrogens with zero attached hydrogens (tertiary/aromatic N) is 3. The average Bonchev–Trinajstić information content (AvgIpc) is 3.28. The maximum Gasteiger partial charge on any atom is 0.374 e. The van der Waals surface area contributed by atoms with E-state index in [1.807, 2.05) is 25.1 Å². The van der Waals surface area contributed by atoms with E-state index in [9.17, 15) is 23.2 Å².